The summed E-state index contributed by atoms with van der Waals surface area (Å²) < 4.78 is 0. The first-order valence-electron chi connectivity index (χ1n) is 6.88. The molecule has 0 radical (unpaired) electrons. The van der Waals surface area contributed by atoms with E-state index in [4.69, 9.17) is 0 Å². The van der Waals surface area contributed by atoms with Crippen LogP contribution >= 0.6 is 0 Å². The summed E-state index contributed by atoms with van der Waals surface area (Å²) in [5.74, 6) is 0. The number of hydrogen-bond donors (Lipinski definition) is 0. The number of carbonyl (C=O) groups is 1. The number of aldehydes is 1. The maximum Gasteiger partial charge on any atom is 0.142 e. The molecular weight excluding hydrogens is 268 g/mol. The molecule has 0 bridgehead atoms. The quantitative estimate of drug-likeness (QED) is 0.302. The van der Waals surface area contributed by atoms with Crippen molar-refractivity contribution in [2.75, 3.05) is 0 Å². The average Bonchev–Trinajstić information content (AvgIpc) is 2.45. The Hall–Kier alpha value is -2.41. The molecular formula is C21H28O. The third-order valence-electron chi connectivity index (χ3n) is 2.48. The zero-order valence-electron chi connectivity index (χ0n) is 13.1. The Morgan fingerprint density at radius 1 is 0.682 bits per heavy atom. The third kappa shape index (κ3) is 14.0. The predicted molar refractivity (Wildman–Crippen MR) is 101 cm³/mol. The van der Waals surface area contributed by atoms with Gasteiger partial charge in [0.1, 0.15) is 6.29 Å². The second-order valence-corrected chi connectivity index (χ2v) is 4.57. The largest absolute Gasteiger partial charge is 0.299 e. The van der Waals surface area contributed by atoms with Gasteiger partial charge in [0.2, 0.25) is 0 Å². The molecule has 0 saturated carbocycles. The summed E-state index contributed by atoms with van der Waals surface area (Å²) in [4.78, 5) is 10.2. The lowest BCUT2D eigenvalue weighted by atomic mass is 10.2. The van der Waals surface area contributed by atoms with Crippen molar-refractivity contribution in [1.29, 1.82) is 0 Å². The van der Waals surface area contributed by atoms with Gasteiger partial charge in [0.05, 0.1) is 0 Å². The van der Waals surface area contributed by atoms with Gasteiger partial charge < -0.3 is 0 Å². The van der Waals surface area contributed by atoms with Crippen LogP contribution in [0.2, 0.25) is 0 Å². The van der Waals surface area contributed by atoms with Crippen molar-refractivity contribution in [3.05, 3.63) is 96.2 Å². The van der Waals surface area contributed by atoms with Crippen molar-refractivity contribution in [2.45, 2.75) is 28.2 Å². The van der Waals surface area contributed by atoms with Crippen molar-refractivity contribution < 1.29 is 4.79 Å². The fourth-order valence-electron chi connectivity index (χ4n) is 1.35. The molecule has 0 saturated heterocycles. The highest BCUT2D eigenvalue weighted by Crippen LogP contribution is 2.01. The Balaban J connectivity index is 0. The molecule has 0 aromatic carbocycles. The van der Waals surface area contributed by atoms with E-state index in [2.05, 4.69) is 25.7 Å². The highest BCUT2D eigenvalue weighted by molar-refractivity contribution is 5.65. The minimum absolute atomic E-state index is 0. The fraction of sp³-hybridized carbons (Fsp3) is 0.190. The van der Waals surface area contributed by atoms with Gasteiger partial charge >= 0.3 is 0 Å². The molecule has 0 N–H and O–H groups in total. The van der Waals surface area contributed by atoms with Crippen LogP contribution < -0.4 is 0 Å². The first-order valence-corrected chi connectivity index (χ1v) is 6.88. The molecule has 0 fully saturated rings. The van der Waals surface area contributed by atoms with Gasteiger partial charge in [-0.2, -0.15) is 0 Å². The van der Waals surface area contributed by atoms with Crippen LogP contribution in [-0.2, 0) is 4.79 Å². The van der Waals surface area contributed by atoms with Gasteiger partial charge in [0.25, 0.3) is 0 Å². The minimum atomic E-state index is 0. The second kappa shape index (κ2) is 15.0. The van der Waals surface area contributed by atoms with E-state index < -0.39 is 0 Å². The highest BCUT2D eigenvalue weighted by atomic mass is 16.1. The Labute approximate surface area is 136 Å². The van der Waals surface area contributed by atoms with E-state index >= 15 is 0 Å². The van der Waals surface area contributed by atoms with Crippen LogP contribution in [0.15, 0.2) is 96.2 Å². The van der Waals surface area contributed by atoms with Crippen molar-refractivity contribution in [3.63, 3.8) is 0 Å². The van der Waals surface area contributed by atoms with Crippen LogP contribution in [0.1, 0.15) is 28.2 Å². The molecule has 0 unspecified atom stereocenters. The summed E-state index contributed by atoms with van der Waals surface area (Å²) in [5.41, 5.74) is 3.37. The molecule has 0 aliphatic carbocycles. The topological polar surface area (TPSA) is 17.1 Å². The molecule has 0 spiro atoms. The zero-order valence-corrected chi connectivity index (χ0v) is 13.1. The van der Waals surface area contributed by atoms with Crippen molar-refractivity contribution >= 4 is 6.29 Å². The van der Waals surface area contributed by atoms with E-state index in [0.717, 1.165) is 17.4 Å². The van der Waals surface area contributed by atoms with Crippen LogP contribution in [0.3, 0.4) is 0 Å². The lowest BCUT2D eigenvalue weighted by Crippen LogP contribution is -1.70. The normalized spacial score (nSPS) is 14.2. The predicted octanol–water partition coefficient (Wildman–Crippen LogP) is 6.07. The smallest absolute Gasteiger partial charge is 0.142 e. The van der Waals surface area contributed by atoms with Gasteiger partial charge in [-0.05, 0) is 26.8 Å². The van der Waals surface area contributed by atoms with Crippen LogP contribution in [0.5, 0.6) is 0 Å². The number of rotatable bonds is 8. The van der Waals surface area contributed by atoms with E-state index in [0.29, 0.717) is 0 Å². The molecule has 0 aliphatic rings. The van der Waals surface area contributed by atoms with Crippen LogP contribution in [-0.4, -0.2) is 6.29 Å². The monoisotopic (exact) mass is 296 g/mol. The molecule has 1 heteroatoms. The molecule has 22 heavy (non-hydrogen) atoms. The van der Waals surface area contributed by atoms with E-state index in [1.54, 1.807) is 12.2 Å². The van der Waals surface area contributed by atoms with Crippen LogP contribution in [0.4, 0.5) is 0 Å². The van der Waals surface area contributed by atoms with Gasteiger partial charge in [-0.3, -0.25) is 4.79 Å². The van der Waals surface area contributed by atoms with E-state index in [1.165, 1.54) is 11.6 Å². The van der Waals surface area contributed by atoms with Gasteiger partial charge in [-0.25, -0.2) is 0 Å². The van der Waals surface area contributed by atoms with Crippen molar-refractivity contribution in [2.24, 2.45) is 0 Å². The number of carbonyl (C=O) groups excluding carboxylic acids is 1. The molecule has 0 amide bonds. The molecule has 1 nitrogen and oxygen atoms in total. The number of allylic oxidation sites excluding steroid dienone is 15. The Bertz CT molecular complexity index is 532. The fourth-order valence-corrected chi connectivity index (χ4v) is 1.35. The van der Waals surface area contributed by atoms with Crippen molar-refractivity contribution in [3.8, 4) is 0 Å². The van der Waals surface area contributed by atoms with Crippen molar-refractivity contribution in [1.82, 2.24) is 0 Å². The average molecular weight is 296 g/mol. The molecule has 0 aromatic rings. The van der Waals surface area contributed by atoms with Gasteiger partial charge in [0, 0.05) is 0 Å². The summed E-state index contributed by atoms with van der Waals surface area (Å²) in [7, 11) is 0. The molecule has 0 aliphatic heterocycles. The first-order chi connectivity index (χ1) is 10.1. The summed E-state index contributed by atoms with van der Waals surface area (Å²) >= 11 is 0. The Morgan fingerprint density at radius 2 is 1.09 bits per heavy atom. The van der Waals surface area contributed by atoms with E-state index in [-0.39, 0.29) is 7.43 Å². The SMILES string of the molecule is C.C=CC=CC=C(C)C=CC=C(C)C=CC=C(C)C=CC=O. The molecule has 0 heterocycles. The third-order valence-corrected chi connectivity index (χ3v) is 2.48. The molecule has 0 aromatic heterocycles. The summed E-state index contributed by atoms with van der Waals surface area (Å²) in [6.07, 6.45) is 23.8. The lowest BCUT2D eigenvalue weighted by molar-refractivity contribution is -0.104. The maximum absolute atomic E-state index is 10.2. The molecule has 118 valence electrons. The summed E-state index contributed by atoms with van der Waals surface area (Å²) in [6, 6.07) is 0. The van der Waals surface area contributed by atoms with Gasteiger partial charge in [0.15, 0.2) is 0 Å². The summed E-state index contributed by atoms with van der Waals surface area (Å²) in [6.45, 7) is 9.67. The lowest BCUT2D eigenvalue weighted by Gasteiger charge is -1.90. The van der Waals surface area contributed by atoms with Crippen LogP contribution in [0.25, 0.3) is 0 Å². The van der Waals surface area contributed by atoms with E-state index in [9.17, 15) is 4.79 Å². The highest BCUT2D eigenvalue weighted by Gasteiger charge is 1.81. The standard InChI is InChI=1S/C20H24O.CH4/c1-5-6-7-11-18(2)12-8-13-19(3)14-9-15-20(4)16-10-17-21;/h5-17H,1H2,2-4H3;1H4. The maximum atomic E-state index is 10.2. The zero-order chi connectivity index (χ0) is 15.9. The van der Waals surface area contributed by atoms with Gasteiger partial charge in [-0.15, -0.1) is 0 Å². The molecule has 0 rings (SSSR count). The number of hydrogen-bond acceptors (Lipinski definition) is 1. The van der Waals surface area contributed by atoms with Gasteiger partial charge in [-0.1, -0.05) is 97.6 Å². The van der Waals surface area contributed by atoms with E-state index in [1.807, 2.05) is 56.4 Å². The first kappa shape index (κ1) is 21.9. The second-order valence-electron chi connectivity index (χ2n) is 4.57. The Morgan fingerprint density at radius 3 is 1.50 bits per heavy atom. The minimum Gasteiger partial charge on any atom is -0.299 e. The van der Waals surface area contributed by atoms with Crippen LogP contribution in [0, 0.1) is 0 Å². The summed E-state index contributed by atoms with van der Waals surface area (Å²) in [5, 5.41) is 0. The Kier molecular flexibility index (Phi) is 14.9. The molecule has 0 atom stereocenters.